The molecule has 1 atom stereocenters. The molecule has 0 radical (unpaired) electrons. The molecule has 19 heavy (non-hydrogen) atoms. The van der Waals surface area contributed by atoms with Crippen molar-refractivity contribution in [2.45, 2.75) is 19.4 Å². The highest BCUT2D eigenvalue weighted by Gasteiger charge is 2.14. The monoisotopic (exact) mass is 255 g/mol. The first-order valence-electron chi connectivity index (χ1n) is 6.77. The molecular formula is C17H21NO. The van der Waals surface area contributed by atoms with E-state index in [2.05, 4.69) is 60.8 Å². The maximum atomic E-state index is 8.93. The Bertz CT molecular complexity index is 496. The van der Waals surface area contributed by atoms with E-state index in [-0.39, 0.29) is 12.6 Å². The normalized spacial score (nSPS) is 12.3. The minimum absolute atomic E-state index is 0.189. The Morgan fingerprint density at radius 3 is 2.37 bits per heavy atom. The zero-order chi connectivity index (χ0) is 13.5. The number of rotatable bonds is 6. The third-order valence-corrected chi connectivity index (χ3v) is 3.32. The zero-order valence-corrected chi connectivity index (χ0v) is 11.3. The molecule has 2 N–H and O–H groups in total. The molecule has 100 valence electrons. The molecule has 0 aliphatic heterocycles. The molecule has 0 amide bonds. The van der Waals surface area contributed by atoms with E-state index in [1.165, 1.54) is 16.7 Å². The minimum Gasteiger partial charge on any atom is -0.396 e. The van der Waals surface area contributed by atoms with E-state index >= 15 is 0 Å². The van der Waals surface area contributed by atoms with Crippen LogP contribution in [-0.4, -0.2) is 18.3 Å². The van der Waals surface area contributed by atoms with E-state index in [1.54, 1.807) is 0 Å². The first-order valence-corrected chi connectivity index (χ1v) is 6.77. The molecule has 0 heterocycles. The van der Waals surface area contributed by atoms with Crippen molar-refractivity contribution >= 4 is 0 Å². The summed E-state index contributed by atoms with van der Waals surface area (Å²) in [4.78, 5) is 0. The molecule has 2 rings (SSSR count). The van der Waals surface area contributed by atoms with E-state index in [0.29, 0.717) is 0 Å². The number of benzene rings is 2. The summed E-state index contributed by atoms with van der Waals surface area (Å²) in [7, 11) is 0. The Hall–Kier alpha value is -1.64. The summed E-state index contributed by atoms with van der Waals surface area (Å²) >= 11 is 0. The van der Waals surface area contributed by atoms with Gasteiger partial charge in [-0.3, -0.25) is 0 Å². The molecule has 0 spiro atoms. The van der Waals surface area contributed by atoms with Crippen LogP contribution in [0.5, 0.6) is 0 Å². The van der Waals surface area contributed by atoms with Crippen LogP contribution in [0.2, 0.25) is 0 Å². The van der Waals surface area contributed by atoms with Crippen LogP contribution >= 0.6 is 0 Å². The number of nitrogens with one attached hydrogen (secondary N) is 1. The molecule has 2 heteroatoms. The Kier molecular flexibility index (Phi) is 5.13. The Balaban J connectivity index is 2.27. The molecule has 0 saturated heterocycles. The van der Waals surface area contributed by atoms with Crippen LogP contribution in [0, 0.1) is 6.92 Å². The van der Waals surface area contributed by atoms with Crippen LogP contribution < -0.4 is 5.32 Å². The highest BCUT2D eigenvalue weighted by molar-refractivity contribution is 5.36. The molecule has 0 fully saturated rings. The quantitative estimate of drug-likeness (QED) is 0.778. The van der Waals surface area contributed by atoms with E-state index in [1.807, 2.05) is 6.07 Å². The Morgan fingerprint density at radius 2 is 1.68 bits per heavy atom. The molecule has 0 aliphatic carbocycles. The second kappa shape index (κ2) is 7.07. The molecule has 0 aliphatic rings. The van der Waals surface area contributed by atoms with E-state index in [9.17, 15) is 0 Å². The van der Waals surface area contributed by atoms with Crippen molar-refractivity contribution in [3.05, 3.63) is 71.3 Å². The summed E-state index contributed by atoms with van der Waals surface area (Å²) in [6.45, 7) is 3.17. The topological polar surface area (TPSA) is 32.3 Å². The summed E-state index contributed by atoms with van der Waals surface area (Å²) in [5, 5.41) is 12.5. The van der Waals surface area contributed by atoms with Crippen molar-refractivity contribution in [2.75, 3.05) is 13.2 Å². The fourth-order valence-corrected chi connectivity index (χ4v) is 2.29. The molecular weight excluding hydrogens is 234 g/mol. The molecule has 2 nitrogen and oxygen atoms in total. The summed E-state index contributed by atoms with van der Waals surface area (Å²) in [5.74, 6) is 0. The second-order valence-electron chi connectivity index (χ2n) is 4.73. The van der Waals surface area contributed by atoms with Gasteiger partial charge in [0.15, 0.2) is 0 Å². The van der Waals surface area contributed by atoms with Gasteiger partial charge in [0.2, 0.25) is 0 Å². The predicted octanol–water partition coefficient (Wildman–Crippen LogP) is 3.06. The fourth-order valence-electron chi connectivity index (χ4n) is 2.29. The third-order valence-electron chi connectivity index (χ3n) is 3.32. The van der Waals surface area contributed by atoms with E-state index in [0.717, 1.165) is 13.0 Å². The lowest BCUT2D eigenvalue weighted by Crippen LogP contribution is -2.24. The van der Waals surface area contributed by atoms with Gasteiger partial charge in [-0.15, -0.1) is 0 Å². The average Bonchev–Trinajstić information content (AvgIpc) is 2.46. The van der Waals surface area contributed by atoms with E-state index < -0.39 is 0 Å². The van der Waals surface area contributed by atoms with Crippen LogP contribution in [0.25, 0.3) is 0 Å². The zero-order valence-electron chi connectivity index (χ0n) is 11.3. The maximum Gasteiger partial charge on any atom is 0.0579 e. The third kappa shape index (κ3) is 3.66. The molecule has 0 bridgehead atoms. The van der Waals surface area contributed by atoms with Gasteiger partial charge in [-0.1, -0.05) is 54.6 Å². The first-order chi connectivity index (χ1) is 9.33. The first kappa shape index (κ1) is 13.8. The minimum atomic E-state index is 0.189. The lowest BCUT2D eigenvalue weighted by molar-refractivity contribution is 0.284. The molecule has 0 saturated carbocycles. The van der Waals surface area contributed by atoms with Gasteiger partial charge < -0.3 is 10.4 Å². The van der Waals surface area contributed by atoms with Gasteiger partial charge >= 0.3 is 0 Å². The fraction of sp³-hybridized carbons (Fsp3) is 0.294. The van der Waals surface area contributed by atoms with Crippen molar-refractivity contribution in [1.29, 1.82) is 0 Å². The van der Waals surface area contributed by atoms with Crippen molar-refractivity contribution < 1.29 is 5.11 Å². The SMILES string of the molecule is Cc1ccccc1C(NCCCO)c1ccccc1. The molecule has 2 aromatic rings. The highest BCUT2D eigenvalue weighted by Crippen LogP contribution is 2.24. The van der Waals surface area contributed by atoms with Crippen LogP contribution in [0.15, 0.2) is 54.6 Å². The van der Waals surface area contributed by atoms with Crippen molar-refractivity contribution in [3.63, 3.8) is 0 Å². The number of hydrogen-bond acceptors (Lipinski definition) is 2. The van der Waals surface area contributed by atoms with Crippen LogP contribution in [0.1, 0.15) is 29.2 Å². The van der Waals surface area contributed by atoms with Gasteiger partial charge in [0.25, 0.3) is 0 Å². The number of aliphatic hydroxyl groups is 1. The Morgan fingerprint density at radius 1 is 1.00 bits per heavy atom. The van der Waals surface area contributed by atoms with Crippen molar-refractivity contribution in [1.82, 2.24) is 5.32 Å². The maximum absolute atomic E-state index is 8.93. The lowest BCUT2D eigenvalue weighted by Gasteiger charge is -2.21. The van der Waals surface area contributed by atoms with E-state index in [4.69, 9.17) is 5.11 Å². The lowest BCUT2D eigenvalue weighted by atomic mass is 9.95. The second-order valence-corrected chi connectivity index (χ2v) is 4.73. The van der Waals surface area contributed by atoms with Crippen LogP contribution in [0.3, 0.4) is 0 Å². The number of aliphatic hydroxyl groups excluding tert-OH is 1. The van der Waals surface area contributed by atoms with Crippen LogP contribution in [-0.2, 0) is 0 Å². The summed E-state index contributed by atoms with van der Waals surface area (Å²) in [6, 6.07) is 19.1. The predicted molar refractivity (Wildman–Crippen MR) is 79.2 cm³/mol. The number of aryl methyl sites for hydroxylation is 1. The molecule has 1 unspecified atom stereocenters. The summed E-state index contributed by atoms with van der Waals surface area (Å²) in [6.07, 6.45) is 0.773. The smallest absolute Gasteiger partial charge is 0.0579 e. The molecule has 0 aromatic heterocycles. The standard InChI is InChI=1S/C17H21NO/c1-14-8-5-6-11-16(14)17(18-12-7-13-19)15-9-3-2-4-10-15/h2-6,8-11,17-19H,7,12-13H2,1H3. The average molecular weight is 255 g/mol. The van der Waals surface area contributed by atoms with Gasteiger partial charge in [-0.25, -0.2) is 0 Å². The summed E-state index contributed by atoms with van der Waals surface area (Å²) < 4.78 is 0. The largest absolute Gasteiger partial charge is 0.396 e. The van der Waals surface area contributed by atoms with Crippen molar-refractivity contribution in [3.8, 4) is 0 Å². The van der Waals surface area contributed by atoms with Crippen LogP contribution in [0.4, 0.5) is 0 Å². The number of hydrogen-bond donors (Lipinski definition) is 2. The van der Waals surface area contributed by atoms with Gasteiger partial charge in [0.1, 0.15) is 0 Å². The van der Waals surface area contributed by atoms with Gasteiger partial charge in [0.05, 0.1) is 6.04 Å². The van der Waals surface area contributed by atoms with Gasteiger partial charge in [0, 0.05) is 6.61 Å². The Labute approximate surface area is 115 Å². The highest BCUT2D eigenvalue weighted by atomic mass is 16.3. The molecule has 2 aromatic carbocycles. The summed E-state index contributed by atoms with van der Waals surface area (Å²) in [5.41, 5.74) is 3.84. The van der Waals surface area contributed by atoms with Crippen molar-refractivity contribution in [2.24, 2.45) is 0 Å². The van der Waals surface area contributed by atoms with Gasteiger partial charge in [-0.05, 0) is 36.6 Å². The van der Waals surface area contributed by atoms with Gasteiger partial charge in [-0.2, -0.15) is 0 Å².